The smallest absolute Gasteiger partial charge is 0.251 e. The summed E-state index contributed by atoms with van der Waals surface area (Å²) in [5.74, 6) is -0.592. The Balaban J connectivity index is 3.00. The number of nitrogens with one attached hydrogen (secondary N) is 3. The highest BCUT2D eigenvalue weighted by Gasteiger charge is 2.22. The minimum absolute atomic E-state index is 0.0256. The van der Waals surface area contributed by atoms with Gasteiger partial charge in [-0.25, -0.2) is 13.1 Å². The molecule has 1 aromatic carbocycles. The van der Waals surface area contributed by atoms with Crippen molar-refractivity contribution in [1.29, 1.82) is 0 Å². The third kappa shape index (κ3) is 6.32. The molecule has 1 aromatic rings. The second-order valence-electron chi connectivity index (χ2n) is 5.94. The van der Waals surface area contributed by atoms with Crippen LogP contribution in [0, 0.1) is 5.92 Å². The standard InChI is InChI=1S/C17H25N3O4S/c1-5-9-19-25(23,24)14-8-6-7-13(11-14)16(21)20-15(10-12(2)3)17(22)18-4/h5-8,11-12,15,19H,1,9-10H2,2-4H3,(H,18,22)(H,20,21). The van der Waals surface area contributed by atoms with Crippen LogP contribution in [0.15, 0.2) is 41.8 Å². The average molecular weight is 367 g/mol. The lowest BCUT2D eigenvalue weighted by molar-refractivity contribution is -0.122. The van der Waals surface area contributed by atoms with Gasteiger partial charge in [-0.15, -0.1) is 6.58 Å². The van der Waals surface area contributed by atoms with E-state index in [0.29, 0.717) is 6.42 Å². The maximum absolute atomic E-state index is 12.4. The van der Waals surface area contributed by atoms with E-state index >= 15 is 0 Å². The zero-order chi connectivity index (χ0) is 19.0. The summed E-state index contributed by atoms with van der Waals surface area (Å²) in [6, 6.07) is 4.97. The number of amides is 2. The highest BCUT2D eigenvalue weighted by Crippen LogP contribution is 2.12. The Hall–Kier alpha value is -2.19. The first kappa shape index (κ1) is 20.9. The van der Waals surface area contributed by atoms with E-state index in [2.05, 4.69) is 21.9 Å². The molecule has 0 fully saturated rings. The molecule has 2 amide bonds. The fourth-order valence-electron chi connectivity index (χ4n) is 2.18. The molecule has 0 heterocycles. The van der Waals surface area contributed by atoms with Crippen molar-refractivity contribution in [2.45, 2.75) is 31.2 Å². The van der Waals surface area contributed by atoms with Gasteiger partial charge in [-0.2, -0.15) is 0 Å². The Bertz CT molecular complexity index is 729. The zero-order valence-corrected chi connectivity index (χ0v) is 15.5. The number of hydrogen-bond acceptors (Lipinski definition) is 4. The number of likely N-dealkylation sites (N-methyl/N-ethyl adjacent to an activating group) is 1. The van der Waals surface area contributed by atoms with Crippen LogP contribution in [0.5, 0.6) is 0 Å². The van der Waals surface area contributed by atoms with E-state index in [-0.39, 0.29) is 28.8 Å². The Morgan fingerprint density at radius 1 is 1.28 bits per heavy atom. The molecule has 0 saturated carbocycles. The average Bonchev–Trinajstić information content (AvgIpc) is 2.58. The first-order valence-electron chi connectivity index (χ1n) is 7.94. The second-order valence-corrected chi connectivity index (χ2v) is 7.71. The van der Waals surface area contributed by atoms with Crippen molar-refractivity contribution < 1.29 is 18.0 Å². The molecule has 0 saturated heterocycles. The molecular formula is C17H25N3O4S. The van der Waals surface area contributed by atoms with Gasteiger partial charge in [0.15, 0.2) is 0 Å². The molecular weight excluding hydrogens is 342 g/mol. The molecule has 1 atom stereocenters. The van der Waals surface area contributed by atoms with Crippen molar-refractivity contribution in [1.82, 2.24) is 15.4 Å². The van der Waals surface area contributed by atoms with Crippen LogP contribution in [0.2, 0.25) is 0 Å². The molecule has 0 spiro atoms. The molecule has 0 bridgehead atoms. The second kappa shape index (κ2) is 9.33. The Morgan fingerprint density at radius 3 is 2.52 bits per heavy atom. The van der Waals surface area contributed by atoms with E-state index in [9.17, 15) is 18.0 Å². The van der Waals surface area contributed by atoms with Crippen LogP contribution in [0.1, 0.15) is 30.6 Å². The summed E-state index contributed by atoms with van der Waals surface area (Å²) >= 11 is 0. The van der Waals surface area contributed by atoms with E-state index in [1.807, 2.05) is 13.8 Å². The third-order valence-corrected chi connectivity index (χ3v) is 4.82. The summed E-state index contributed by atoms with van der Waals surface area (Å²) in [4.78, 5) is 24.3. The zero-order valence-electron chi connectivity index (χ0n) is 14.7. The summed E-state index contributed by atoms with van der Waals surface area (Å²) in [5, 5.41) is 5.17. The van der Waals surface area contributed by atoms with Crippen LogP contribution < -0.4 is 15.4 Å². The molecule has 7 nitrogen and oxygen atoms in total. The molecule has 8 heteroatoms. The van der Waals surface area contributed by atoms with Crippen LogP contribution in [0.4, 0.5) is 0 Å². The Kier molecular flexibility index (Phi) is 7.79. The van der Waals surface area contributed by atoms with E-state index in [1.54, 1.807) is 0 Å². The lowest BCUT2D eigenvalue weighted by Crippen LogP contribution is -2.46. The lowest BCUT2D eigenvalue weighted by Gasteiger charge is -2.19. The number of carbonyl (C=O) groups excluding carboxylic acids is 2. The molecule has 0 aliphatic rings. The first-order valence-corrected chi connectivity index (χ1v) is 9.42. The maximum Gasteiger partial charge on any atom is 0.251 e. The number of hydrogen-bond donors (Lipinski definition) is 3. The third-order valence-electron chi connectivity index (χ3n) is 3.40. The van der Waals surface area contributed by atoms with E-state index in [1.165, 1.54) is 37.4 Å². The predicted molar refractivity (Wildman–Crippen MR) is 96.6 cm³/mol. The summed E-state index contributed by atoms with van der Waals surface area (Å²) in [6.07, 6.45) is 1.90. The lowest BCUT2D eigenvalue weighted by atomic mass is 10.0. The quantitative estimate of drug-likeness (QED) is 0.567. The largest absolute Gasteiger partial charge is 0.357 e. The minimum Gasteiger partial charge on any atom is -0.357 e. The molecule has 3 N–H and O–H groups in total. The number of benzene rings is 1. The van der Waals surface area contributed by atoms with Crippen molar-refractivity contribution >= 4 is 21.8 Å². The highest BCUT2D eigenvalue weighted by atomic mass is 32.2. The summed E-state index contributed by atoms with van der Waals surface area (Å²) in [7, 11) is -2.23. The number of sulfonamides is 1. The molecule has 1 unspecified atom stereocenters. The first-order chi connectivity index (χ1) is 11.7. The topological polar surface area (TPSA) is 104 Å². The van der Waals surface area contributed by atoms with Crippen LogP contribution in [-0.4, -0.2) is 39.9 Å². The monoisotopic (exact) mass is 367 g/mol. The fraction of sp³-hybridized carbons (Fsp3) is 0.412. The van der Waals surface area contributed by atoms with Crippen LogP contribution in [0.25, 0.3) is 0 Å². The summed E-state index contributed by atoms with van der Waals surface area (Å²) in [5.41, 5.74) is 0.166. The summed E-state index contributed by atoms with van der Waals surface area (Å²) in [6.45, 7) is 7.43. The minimum atomic E-state index is -3.73. The van der Waals surface area contributed by atoms with Gasteiger partial charge in [0.2, 0.25) is 15.9 Å². The van der Waals surface area contributed by atoms with Gasteiger partial charge in [0.25, 0.3) is 5.91 Å². The van der Waals surface area contributed by atoms with Crippen molar-refractivity contribution in [3.63, 3.8) is 0 Å². The van der Waals surface area contributed by atoms with Crippen LogP contribution in [0.3, 0.4) is 0 Å². The fourth-order valence-corrected chi connectivity index (χ4v) is 3.22. The molecule has 138 valence electrons. The SMILES string of the molecule is C=CCNS(=O)(=O)c1cccc(C(=O)NC(CC(C)C)C(=O)NC)c1. The molecule has 0 aliphatic carbocycles. The van der Waals surface area contributed by atoms with Gasteiger partial charge in [0.1, 0.15) is 6.04 Å². The van der Waals surface area contributed by atoms with Crippen molar-refractivity contribution in [2.75, 3.05) is 13.6 Å². The van der Waals surface area contributed by atoms with Gasteiger partial charge in [-0.3, -0.25) is 9.59 Å². The summed E-state index contributed by atoms with van der Waals surface area (Å²) < 4.78 is 26.6. The number of rotatable bonds is 9. The molecule has 25 heavy (non-hydrogen) atoms. The van der Waals surface area contributed by atoms with Gasteiger partial charge in [0, 0.05) is 19.2 Å². The van der Waals surface area contributed by atoms with Gasteiger partial charge >= 0.3 is 0 Å². The maximum atomic E-state index is 12.4. The van der Waals surface area contributed by atoms with Gasteiger partial charge in [-0.05, 0) is 30.5 Å². The van der Waals surface area contributed by atoms with Gasteiger partial charge in [0.05, 0.1) is 4.90 Å². The Morgan fingerprint density at radius 2 is 1.96 bits per heavy atom. The van der Waals surface area contributed by atoms with Gasteiger partial charge in [-0.1, -0.05) is 26.0 Å². The van der Waals surface area contributed by atoms with Crippen molar-refractivity contribution in [3.8, 4) is 0 Å². The highest BCUT2D eigenvalue weighted by molar-refractivity contribution is 7.89. The predicted octanol–water partition coefficient (Wildman–Crippen LogP) is 1.04. The van der Waals surface area contributed by atoms with Crippen molar-refractivity contribution in [3.05, 3.63) is 42.5 Å². The molecule has 1 rings (SSSR count). The molecule has 0 aliphatic heterocycles. The van der Waals surface area contributed by atoms with E-state index in [0.717, 1.165) is 0 Å². The molecule has 0 aromatic heterocycles. The number of carbonyl (C=O) groups is 2. The van der Waals surface area contributed by atoms with Gasteiger partial charge < -0.3 is 10.6 Å². The normalized spacial score (nSPS) is 12.5. The Labute approximate surface area is 148 Å². The van der Waals surface area contributed by atoms with E-state index in [4.69, 9.17) is 0 Å². The van der Waals surface area contributed by atoms with E-state index < -0.39 is 22.0 Å². The van der Waals surface area contributed by atoms with Crippen LogP contribution >= 0.6 is 0 Å². The van der Waals surface area contributed by atoms with Crippen molar-refractivity contribution in [2.24, 2.45) is 5.92 Å². The molecule has 0 radical (unpaired) electrons. The van der Waals surface area contributed by atoms with Crippen LogP contribution in [-0.2, 0) is 14.8 Å².